The molecule has 0 radical (unpaired) electrons. The zero-order valence-corrected chi connectivity index (χ0v) is 22.7. The number of carbonyl (C=O) groups is 4. The zero-order valence-electron chi connectivity index (χ0n) is 22.0. The van der Waals surface area contributed by atoms with Gasteiger partial charge in [0, 0.05) is 17.5 Å². The van der Waals surface area contributed by atoms with Gasteiger partial charge in [-0.1, -0.05) is 18.0 Å². The highest BCUT2D eigenvalue weighted by Gasteiger charge is 2.64. The summed E-state index contributed by atoms with van der Waals surface area (Å²) in [6.45, 7) is -0.0147. The summed E-state index contributed by atoms with van der Waals surface area (Å²) in [7, 11) is 3.06. The van der Waals surface area contributed by atoms with Crippen molar-refractivity contribution in [1.82, 2.24) is 10.2 Å². The number of amides is 2. The number of nitrogens with one attached hydrogen (secondary N) is 2. The number of Topliss-reactive ketones (excluding diaryl/α,β-unsaturated/α-hetero) is 2. The van der Waals surface area contributed by atoms with Crippen molar-refractivity contribution in [2.75, 3.05) is 26.0 Å². The average molecular weight is 575 g/mol. The van der Waals surface area contributed by atoms with E-state index in [0.717, 1.165) is 19.3 Å². The predicted molar refractivity (Wildman–Crippen MR) is 144 cm³/mol. The second kappa shape index (κ2) is 9.88. The summed E-state index contributed by atoms with van der Waals surface area (Å²) in [4.78, 5) is 53.0. The maximum Gasteiger partial charge on any atom is 0.255 e. The third-order valence-corrected chi connectivity index (χ3v) is 8.88. The summed E-state index contributed by atoms with van der Waals surface area (Å²) in [6, 6.07) is 0.557. The van der Waals surface area contributed by atoms with Crippen LogP contribution in [-0.4, -0.2) is 87.0 Å². The summed E-state index contributed by atoms with van der Waals surface area (Å²) >= 11 is 6.41. The maximum atomic E-state index is 13.9. The number of hydrogen-bond acceptors (Lipinski definition) is 10. The first kappa shape index (κ1) is 28.1. The number of aromatic hydroxyl groups is 1. The van der Waals surface area contributed by atoms with Gasteiger partial charge < -0.3 is 36.8 Å². The van der Waals surface area contributed by atoms with Crippen molar-refractivity contribution in [2.45, 2.75) is 49.8 Å². The van der Waals surface area contributed by atoms with E-state index >= 15 is 0 Å². The van der Waals surface area contributed by atoms with E-state index in [4.69, 9.17) is 17.3 Å². The number of halogens is 1. The monoisotopic (exact) mass is 574 g/mol. The number of likely N-dealkylation sites (N-methyl/N-ethyl adjacent to an activating group) is 1. The van der Waals surface area contributed by atoms with Gasteiger partial charge >= 0.3 is 0 Å². The van der Waals surface area contributed by atoms with Gasteiger partial charge in [0.05, 0.1) is 23.2 Å². The Morgan fingerprint density at radius 1 is 1.20 bits per heavy atom. The van der Waals surface area contributed by atoms with E-state index in [2.05, 4.69) is 10.6 Å². The third-order valence-electron chi connectivity index (χ3n) is 8.58. The Bertz CT molecular complexity index is 1420. The number of benzene rings is 1. The van der Waals surface area contributed by atoms with Gasteiger partial charge in [-0.15, -0.1) is 0 Å². The molecule has 12 nitrogen and oxygen atoms in total. The normalized spacial score (nSPS) is 28.2. The van der Waals surface area contributed by atoms with Crippen LogP contribution in [-0.2, 0) is 25.6 Å². The number of nitrogens with two attached hydrogens (primary N) is 1. The Labute approximate surface area is 234 Å². The molecule has 4 aliphatic carbocycles. The first-order valence-electron chi connectivity index (χ1n) is 13.0. The highest BCUT2D eigenvalue weighted by molar-refractivity contribution is 6.34. The number of phenols is 1. The molecule has 2 fully saturated rings. The first-order valence-corrected chi connectivity index (χ1v) is 13.4. The fraction of sp³-hybridized carbons (Fsp3) is 0.481. The van der Waals surface area contributed by atoms with Gasteiger partial charge in [-0.2, -0.15) is 0 Å². The Hall–Kier alpha value is -3.45. The van der Waals surface area contributed by atoms with Crippen molar-refractivity contribution in [3.8, 4) is 5.75 Å². The van der Waals surface area contributed by atoms with Crippen LogP contribution in [0.25, 0.3) is 5.76 Å². The minimum Gasteiger partial charge on any atom is -0.508 e. The quantitative estimate of drug-likeness (QED) is 0.187. The summed E-state index contributed by atoms with van der Waals surface area (Å²) in [5.41, 5.74) is 1.53. The van der Waals surface area contributed by atoms with Gasteiger partial charge in [0.2, 0.25) is 11.7 Å². The summed E-state index contributed by atoms with van der Waals surface area (Å²) in [5, 5.41) is 50.6. The van der Waals surface area contributed by atoms with Crippen LogP contribution in [0.5, 0.6) is 5.75 Å². The molecule has 0 spiro atoms. The minimum absolute atomic E-state index is 0.0147. The number of fused-ring (bicyclic) bond motifs is 3. The standard InChI is InChI=1S/C27H31ClN4O8/c1-32(2)20-13-7-10-6-11-8-14(28)19(31-15(33)9-30-12-4-3-5-12)22(35)16(11)21(34)17(10)24(37)27(13,40)25(38)18(23(20)36)26(29)39/h8,10,12-13,20,30,34-35,38,40H,3-7,9H2,1-2H3,(H2,29,39)(H,31,33)/t10?,13?,20-,27?/m0/s1. The largest absolute Gasteiger partial charge is 0.508 e. The van der Waals surface area contributed by atoms with Gasteiger partial charge in [0.15, 0.2) is 17.1 Å². The van der Waals surface area contributed by atoms with E-state index in [-0.39, 0.29) is 47.3 Å². The SMILES string of the molecule is CN(C)[C@@H]1C(=O)C(C(N)=O)=C(O)C2(O)C(=O)C3=C(O)c4c(cc(Cl)c(NC(=O)CNC5CCC5)c4O)CC3CC12. The van der Waals surface area contributed by atoms with Crippen LogP contribution in [0.1, 0.15) is 36.8 Å². The molecule has 1 aromatic carbocycles. The van der Waals surface area contributed by atoms with E-state index in [0.29, 0.717) is 5.56 Å². The lowest BCUT2D eigenvalue weighted by Gasteiger charge is -2.50. The number of phenolic OH excluding ortho intramolecular Hbond substituents is 1. The van der Waals surface area contributed by atoms with Gasteiger partial charge in [-0.3, -0.25) is 24.1 Å². The molecule has 2 saturated carbocycles. The number of hydrogen-bond donors (Lipinski definition) is 7. The maximum absolute atomic E-state index is 13.9. The van der Waals surface area contributed by atoms with Crippen LogP contribution >= 0.6 is 11.6 Å². The Kier molecular flexibility index (Phi) is 6.94. The Morgan fingerprint density at radius 2 is 1.88 bits per heavy atom. The number of aliphatic hydroxyl groups is 3. The third kappa shape index (κ3) is 4.09. The topological polar surface area (TPSA) is 203 Å². The van der Waals surface area contributed by atoms with Gasteiger partial charge in [0.1, 0.15) is 22.8 Å². The van der Waals surface area contributed by atoms with Crippen LogP contribution in [0.4, 0.5) is 5.69 Å². The van der Waals surface area contributed by atoms with Crippen LogP contribution in [0, 0.1) is 11.8 Å². The molecule has 40 heavy (non-hydrogen) atoms. The number of anilines is 1. The molecule has 8 N–H and O–H groups in total. The fourth-order valence-corrected chi connectivity index (χ4v) is 6.68. The molecular weight excluding hydrogens is 544 g/mol. The number of nitrogens with zero attached hydrogens (tertiary/aromatic N) is 1. The first-order chi connectivity index (χ1) is 18.8. The van der Waals surface area contributed by atoms with E-state index in [1.807, 2.05) is 0 Å². The highest BCUT2D eigenvalue weighted by Crippen LogP contribution is 2.54. The van der Waals surface area contributed by atoms with E-state index in [9.17, 15) is 39.6 Å². The fourth-order valence-electron chi connectivity index (χ4n) is 6.42. The molecule has 2 amide bonds. The van der Waals surface area contributed by atoms with Crippen LogP contribution in [0.2, 0.25) is 5.02 Å². The van der Waals surface area contributed by atoms with Crippen molar-refractivity contribution in [2.24, 2.45) is 17.6 Å². The second-order valence-electron chi connectivity index (χ2n) is 11.1. The number of ketones is 2. The minimum atomic E-state index is -2.73. The summed E-state index contributed by atoms with van der Waals surface area (Å²) in [5.74, 6) is -7.97. The van der Waals surface area contributed by atoms with Crippen molar-refractivity contribution in [1.29, 1.82) is 0 Å². The Balaban J connectivity index is 1.57. The molecule has 0 saturated heterocycles. The van der Waals surface area contributed by atoms with Crippen molar-refractivity contribution < 1.29 is 39.6 Å². The molecular formula is C27H31ClN4O8. The summed E-state index contributed by atoms with van der Waals surface area (Å²) < 4.78 is 0. The molecule has 4 atom stereocenters. The van der Waals surface area contributed by atoms with Crippen molar-refractivity contribution >= 4 is 46.4 Å². The molecule has 0 aromatic heterocycles. The lowest BCUT2D eigenvalue weighted by atomic mass is 9.57. The molecule has 4 aliphatic rings. The average Bonchev–Trinajstić information content (AvgIpc) is 2.82. The smallest absolute Gasteiger partial charge is 0.255 e. The summed E-state index contributed by atoms with van der Waals surface area (Å²) in [6.07, 6.45) is 3.09. The second-order valence-corrected chi connectivity index (χ2v) is 11.5. The van der Waals surface area contributed by atoms with Gasteiger partial charge in [-0.05, 0) is 57.3 Å². The lowest BCUT2D eigenvalue weighted by molar-refractivity contribution is -0.153. The zero-order chi connectivity index (χ0) is 29.3. The van der Waals surface area contributed by atoms with E-state index < -0.39 is 69.7 Å². The van der Waals surface area contributed by atoms with E-state index in [1.54, 1.807) is 0 Å². The molecule has 214 valence electrons. The van der Waals surface area contributed by atoms with Gasteiger partial charge in [-0.25, -0.2) is 0 Å². The van der Waals surface area contributed by atoms with Crippen LogP contribution < -0.4 is 16.4 Å². The van der Waals surface area contributed by atoms with Crippen LogP contribution in [0.15, 0.2) is 23.0 Å². The Morgan fingerprint density at radius 3 is 2.45 bits per heavy atom. The molecule has 0 aliphatic heterocycles. The molecule has 13 heteroatoms. The molecule has 0 heterocycles. The molecule has 5 rings (SSSR count). The number of rotatable bonds is 6. The number of primary amides is 1. The predicted octanol–water partition coefficient (Wildman–Crippen LogP) is 0.698. The van der Waals surface area contributed by atoms with E-state index in [1.165, 1.54) is 25.1 Å². The lowest BCUT2D eigenvalue weighted by Crippen LogP contribution is -2.65. The highest BCUT2D eigenvalue weighted by atomic mass is 35.5. The number of aliphatic hydroxyl groups excluding tert-OH is 2. The van der Waals surface area contributed by atoms with Crippen molar-refractivity contribution in [3.05, 3.63) is 39.1 Å². The molecule has 1 aromatic rings. The number of carbonyl (C=O) groups excluding carboxylic acids is 4. The molecule has 3 unspecified atom stereocenters. The van der Waals surface area contributed by atoms with Gasteiger partial charge in [0.25, 0.3) is 5.91 Å². The van der Waals surface area contributed by atoms with Crippen molar-refractivity contribution in [3.63, 3.8) is 0 Å². The molecule has 0 bridgehead atoms. The van der Waals surface area contributed by atoms with Crippen LogP contribution in [0.3, 0.4) is 0 Å².